The van der Waals surface area contributed by atoms with Gasteiger partial charge in [-0.25, -0.2) is 15.0 Å². The highest BCUT2D eigenvalue weighted by atomic mass is 32.1. The minimum atomic E-state index is -0.0841. The van der Waals surface area contributed by atoms with E-state index in [0.717, 1.165) is 12.1 Å². The number of thiazole rings is 1. The van der Waals surface area contributed by atoms with Crippen LogP contribution in [0.3, 0.4) is 0 Å². The number of anilines is 3. The van der Waals surface area contributed by atoms with Crippen molar-refractivity contribution in [1.82, 2.24) is 15.0 Å². The van der Waals surface area contributed by atoms with Crippen LogP contribution in [0.5, 0.6) is 0 Å². The van der Waals surface area contributed by atoms with E-state index in [1.54, 1.807) is 18.5 Å². The fourth-order valence-corrected chi connectivity index (χ4v) is 3.11. The van der Waals surface area contributed by atoms with Crippen LogP contribution in [-0.4, -0.2) is 20.9 Å². The van der Waals surface area contributed by atoms with Crippen molar-refractivity contribution >= 4 is 34.0 Å². The normalized spacial score (nSPS) is 10.5. The van der Waals surface area contributed by atoms with Crippen LogP contribution < -0.4 is 10.6 Å². The van der Waals surface area contributed by atoms with Gasteiger partial charge < -0.3 is 10.6 Å². The lowest BCUT2D eigenvalue weighted by atomic mass is 10.1. The van der Waals surface area contributed by atoms with E-state index < -0.39 is 0 Å². The molecule has 0 spiro atoms. The predicted octanol–water partition coefficient (Wildman–Crippen LogP) is 4.20. The second kappa shape index (κ2) is 9.05. The largest absolute Gasteiger partial charge is 0.326 e. The summed E-state index contributed by atoms with van der Waals surface area (Å²) in [6.07, 6.45) is 6.98. The zero-order valence-electron chi connectivity index (χ0n) is 14.6. The fraction of sp³-hybridized carbons (Fsp3) is 0.263. The van der Waals surface area contributed by atoms with Gasteiger partial charge >= 0.3 is 0 Å². The Hall–Kier alpha value is -2.80. The summed E-state index contributed by atoms with van der Waals surface area (Å²) in [6.45, 7) is 2.18. The topological polar surface area (TPSA) is 79.8 Å². The molecule has 0 atom stereocenters. The van der Waals surface area contributed by atoms with Gasteiger partial charge in [0.15, 0.2) is 5.13 Å². The number of aryl methyl sites for hydroxylation is 1. The molecule has 2 heterocycles. The van der Waals surface area contributed by atoms with Crippen LogP contribution >= 0.6 is 11.3 Å². The van der Waals surface area contributed by atoms with Gasteiger partial charge in [-0.2, -0.15) is 0 Å². The van der Waals surface area contributed by atoms with Crippen molar-refractivity contribution in [2.75, 3.05) is 10.6 Å². The molecule has 0 aliphatic carbocycles. The van der Waals surface area contributed by atoms with Gasteiger partial charge in [-0.05, 0) is 36.6 Å². The van der Waals surface area contributed by atoms with E-state index >= 15 is 0 Å². The van der Waals surface area contributed by atoms with Gasteiger partial charge in [0, 0.05) is 23.5 Å². The Labute approximate surface area is 156 Å². The second-order valence-electron chi connectivity index (χ2n) is 5.87. The van der Waals surface area contributed by atoms with E-state index in [-0.39, 0.29) is 12.3 Å². The Morgan fingerprint density at radius 2 is 1.92 bits per heavy atom. The molecule has 0 bridgehead atoms. The van der Waals surface area contributed by atoms with Gasteiger partial charge in [-0.15, -0.1) is 11.3 Å². The molecule has 0 fully saturated rings. The van der Waals surface area contributed by atoms with E-state index in [4.69, 9.17) is 0 Å². The Balaban J connectivity index is 1.52. The van der Waals surface area contributed by atoms with Crippen LogP contribution in [0.2, 0.25) is 0 Å². The van der Waals surface area contributed by atoms with Crippen LogP contribution in [0.4, 0.5) is 16.8 Å². The molecule has 2 N–H and O–H groups in total. The average molecular weight is 367 g/mol. The molecular weight excluding hydrogens is 346 g/mol. The molecular formula is C19H21N5OS. The predicted molar refractivity (Wildman–Crippen MR) is 105 cm³/mol. The molecule has 7 heteroatoms. The van der Waals surface area contributed by atoms with Gasteiger partial charge in [0.1, 0.15) is 0 Å². The molecule has 6 nitrogen and oxygen atoms in total. The highest BCUT2D eigenvalue weighted by molar-refractivity contribution is 7.13. The van der Waals surface area contributed by atoms with Gasteiger partial charge in [-0.1, -0.05) is 25.5 Å². The summed E-state index contributed by atoms with van der Waals surface area (Å²) < 4.78 is 0. The Bertz CT molecular complexity index is 833. The van der Waals surface area contributed by atoms with Crippen molar-refractivity contribution in [3.63, 3.8) is 0 Å². The number of carbonyl (C=O) groups is 1. The molecule has 0 saturated heterocycles. The third-order valence-electron chi connectivity index (χ3n) is 3.73. The van der Waals surface area contributed by atoms with E-state index in [1.165, 1.54) is 29.7 Å². The molecule has 1 amide bonds. The maximum absolute atomic E-state index is 12.2. The smallest absolute Gasteiger partial charge is 0.230 e. The molecule has 0 radical (unpaired) electrons. The number of benzene rings is 1. The molecule has 3 rings (SSSR count). The molecule has 3 aromatic rings. The molecule has 0 aliphatic rings. The van der Waals surface area contributed by atoms with Crippen molar-refractivity contribution in [2.45, 2.75) is 32.6 Å². The molecule has 134 valence electrons. The zero-order chi connectivity index (χ0) is 18.2. The number of hydrogen-bond acceptors (Lipinski definition) is 6. The summed E-state index contributed by atoms with van der Waals surface area (Å²) in [5.41, 5.74) is 2.82. The number of nitrogens with zero attached hydrogens (tertiary/aromatic N) is 3. The number of unbranched alkanes of at least 4 members (excludes halogenated alkanes) is 1. The van der Waals surface area contributed by atoms with Crippen LogP contribution in [0.25, 0.3) is 0 Å². The third-order valence-corrected chi connectivity index (χ3v) is 4.54. The van der Waals surface area contributed by atoms with E-state index in [1.807, 2.05) is 17.5 Å². The van der Waals surface area contributed by atoms with Crippen LogP contribution in [0, 0.1) is 0 Å². The Kier molecular flexibility index (Phi) is 6.27. The van der Waals surface area contributed by atoms with E-state index in [0.29, 0.717) is 16.8 Å². The summed E-state index contributed by atoms with van der Waals surface area (Å²) in [6, 6.07) is 9.78. The van der Waals surface area contributed by atoms with Crippen molar-refractivity contribution in [1.29, 1.82) is 0 Å². The lowest BCUT2D eigenvalue weighted by Gasteiger charge is -2.06. The Morgan fingerprint density at radius 1 is 1.15 bits per heavy atom. The van der Waals surface area contributed by atoms with Crippen molar-refractivity contribution in [3.05, 3.63) is 59.4 Å². The first-order valence-corrected chi connectivity index (χ1v) is 9.48. The molecule has 1 aromatic carbocycles. The number of aromatic nitrogens is 3. The van der Waals surface area contributed by atoms with E-state index in [9.17, 15) is 4.79 Å². The van der Waals surface area contributed by atoms with Crippen molar-refractivity contribution in [3.8, 4) is 0 Å². The van der Waals surface area contributed by atoms with Crippen molar-refractivity contribution < 1.29 is 4.79 Å². The minimum Gasteiger partial charge on any atom is -0.326 e. The summed E-state index contributed by atoms with van der Waals surface area (Å²) in [5.74, 6) is 0.403. The first-order valence-electron chi connectivity index (χ1n) is 8.60. The first-order chi connectivity index (χ1) is 12.7. The van der Waals surface area contributed by atoms with Crippen molar-refractivity contribution in [2.24, 2.45) is 0 Å². The van der Waals surface area contributed by atoms with Crippen LogP contribution in [0.15, 0.2) is 48.1 Å². The monoisotopic (exact) mass is 367 g/mol. The van der Waals surface area contributed by atoms with Crippen LogP contribution in [0.1, 0.15) is 31.0 Å². The quantitative estimate of drug-likeness (QED) is 0.624. The number of rotatable bonds is 8. The Morgan fingerprint density at radius 3 is 2.65 bits per heavy atom. The number of hydrogen-bond donors (Lipinski definition) is 2. The molecule has 0 saturated carbocycles. The molecule has 2 aromatic heterocycles. The standard InChI is InChI=1S/C19H21N5OS/c1-2-3-5-14-6-8-15(9-7-14)22-17(25)12-16-13-26-19(23-16)24-18-20-10-4-11-21-18/h4,6-11,13H,2-3,5,12H2,1H3,(H,22,25)(H,20,21,23,24). The highest BCUT2D eigenvalue weighted by Crippen LogP contribution is 2.19. The molecule has 0 aliphatic heterocycles. The summed E-state index contributed by atoms with van der Waals surface area (Å²) in [7, 11) is 0. The zero-order valence-corrected chi connectivity index (χ0v) is 15.4. The second-order valence-corrected chi connectivity index (χ2v) is 6.72. The molecule has 26 heavy (non-hydrogen) atoms. The summed E-state index contributed by atoms with van der Waals surface area (Å²) in [4.78, 5) is 24.8. The summed E-state index contributed by atoms with van der Waals surface area (Å²) >= 11 is 1.42. The lowest BCUT2D eigenvalue weighted by molar-refractivity contribution is -0.115. The lowest BCUT2D eigenvalue weighted by Crippen LogP contribution is -2.14. The molecule has 0 unspecified atom stereocenters. The van der Waals surface area contributed by atoms with Gasteiger partial charge in [-0.3, -0.25) is 4.79 Å². The van der Waals surface area contributed by atoms with Gasteiger partial charge in [0.2, 0.25) is 11.9 Å². The van der Waals surface area contributed by atoms with Crippen LogP contribution in [-0.2, 0) is 17.6 Å². The first kappa shape index (κ1) is 18.0. The van der Waals surface area contributed by atoms with E-state index in [2.05, 4.69) is 44.6 Å². The number of amides is 1. The van der Waals surface area contributed by atoms with Gasteiger partial charge in [0.25, 0.3) is 0 Å². The highest BCUT2D eigenvalue weighted by Gasteiger charge is 2.09. The third kappa shape index (κ3) is 5.35. The van der Waals surface area contributed by atoms with Gasteiger partial charge in [0.05, 0.1) is 12.1 Å². The summed E-state index contributed by atoms with van der Waals surface area (Å²) in [5, 5.41) is 8.46. The number of nitrogens with one attached hydrogen (secondary N) is 2. The SMILES string of the molecule is CCCCc1ccc(NC(=O)Cc2csc(Nc3ncccn3)n2)cc1. The fourth-order valence-electron chi connectivity index (χ4n) is 2.41. The maximum Gasteiger partial charge on any atom is 0.230 e. The minimum absolute atomic E-state index is 0.0841. The average Bonchev–Trinajstić information content (AvgIpc) is 3.08. The maximum atomic E-state index is 12.2. The number of carbonyl (C=O) groups excluding carboxylic acids is 1.